The molecule has 0 N–H and O–H groups in total. The van der Waals surface area contributed by atoms with Gasteiger partial charge in [-0.1, -0.05) is 6.42 Å². The Morgan fingerprint density at radius 1 is 1.28 bits per heavy atom. The molecule has 1 saturated carbocycles. The molecule has 100 valence electrons. The highest BCUT2D eigenvalue weighted by atomic mass is 15.2. The number of aromatic nitrogens is 2. The van der Waals surface area contributed by atoms with Crippen LogP contribution in [0, 0.1) is 11.8 Å². The normalized spacial score (nSPS) is 28.8. The molecule has 1 aromatic heterocycles. The van der Waals surface area contributed by atoms with Crippen molar-refractivity contribution in [3.05, 3.63) is 18.2 Å². The molecule has 2 heterocycles. The molecule has 0 amide bonds. The lowest BCUT2D eigenvalue weighted by Gasteiger charge is -2.41. The third-order valence-electron chi connectivity index (χ3n) is 4.61. The van der Waals surface area contributed by atoms with E-state index in [1.165, 1.54) is 44.5 Å². The standard InChI is InChI=1S/C15H25N3/c1-12(2)18-11-16-7-15(18)10-17-8-13-4-3-5-14(6-13)9-17/h7,11-14H,3-6,8-10H2,1-2H3/t13-,14-/m0/s1. The molecule has 2 aliphatic rings. The Kier molecular flexibility index (Phi) is 3.42. The molecule has 1 aliphatic heterocycles. The van der Waals surface area contributed by atoms with Gasteiger partial charge in [-0.3, -0.25) is 4.90 Å². The molecule has 18 heavy (non-hydrogen) atoms. The van der Waals surface area contributed by atoms with Crippen LogP contribution < -0.4 is 0 Å². The van der Waals surface area contributed by atoms with Gasteiger partial charge < -0.3 is 4.57 Å². The third-order valence-corrected chi connectivity index (χ3v) is 4.61. The maximum absolute atomic E-state index is 4.32. The molecule has 1 aromatic rings. The number of likely N-dealkylation sites (tertiary alicyclic amines) is 1. The highest BCUT2D eigenvalue weighted by Crippen LogP contribution is 2.34. The van der Waals surface area contributed by atoms with Crippen LogP contribution in [0.1, 0.15) is 51.3 Å². The van der Waals surface area contributed by atoms with Gasteiger partial charge in [0.1, 0.15) is 0 Å². The van der Waals surface area contributed by atoms with Crippen LogP contribution in [-0.4, -0.2) is 27.5 Å². The van der Waals surface area contributed by atoms with Crippen LogP contribution in [-0.2, 0) is 6.54 Å². The maximum atomic E-state index is 4.32. The van der Waals surface area contributed by atoms with Crippen LogP contribution in [0.25, 0.3) is 0 Å². The van der Waals surface area contributed by atoms with E-state index in [0.717, 1.165) is 18.4 Å². The molecule has 2 atom stereocenters. The van der Waals surface area contributed by atoms with Crippen molar-refractivity contribution < 1.29 is 0 Å². The largest absolute Gasteiger partial charge is 0.331 e. The molecule has 0 unspecified atom stereocenters. The van der Waals surface area contributed by atoms with Crippen LogP contribution in [0.5, 0.6) is 0 Å². The lowest BCUT2D eigenvalue weighted by molar-refractivity contribution is 0.0788. The summed E-state index contributed by atoms with van der Waals surface area (Å²) in [6.45, 7) is 8.16. The molecule has 0 spiro atoms. The van der Waals surface area contributed by atoms with Gasteiger partial charge in [0.05, 0.1) is 12.0 Å². The summed E-state index contributed by atoms with van der Waals surface area (Å²) in [6.07, 6.45) is 9.88. The lowest BCUT2D eigenvalue weighted by atomic mass is 9.78. The van der Waals surface area contributed by atoms with E-state index in [4.69, 9.17) is 0 Å². The Bertz CT molecular complexity index is 384. The first-order chi connectivity index (χ1) is 8.72. The Labute approximate surface area is 110 Å². The van der Waals surface area contributed by atoms with Gasteiger partial charge in [0, 0.05) is 31.9 Å². The Balaban J connectivity index is 1.67. The first kappa shape index (κ1) is 12.2. The number of rotatable bonds is 3. The average Bonchev–Trinajstić information content (AvgIpc) is 2.76. The van der Waals surface area contributed by atoms with Crippen molar-refractivity contribution in [2.75, 3.05) is 13.1 Å². The van der Waals surface area contributed by atoms with Gasteiger partial charge in [-0.05, 0) is 44.9 Å². The Hall–Kier alpha value is -0.830. The second-order valence-electron chi connectivity index (χ2n) is 6.48. The molecule has 2 bridgehead atoms. The predicted molar refractivity (Wildman–Crippen MR) is 73.3 cm³/mol. The molecule has 1 saturated heterocycles. The smallest absolute Gasteiger partial charge is 0.0951 e. The number of nitrogens with zero attached hydrogens (tertiary/aromatic N) is 3. The van der Waals surface area contributed by atoms with Gasteiger partial charge in [-0.15, -0.1) is 0 Å². The van der Waals surface area contributed by atoms with Crippen molar-refractivity contribution in [3.8, 4) is 0 Å². The van der Waals surface area contributed by atoms with E-state index >= 15 is 0 Å². The molecular formula is C15H25N3. The third kappa shape index (κ3) is 2.46. The summed E-state index contributed by atoms with van der Waals surface area (Å²) < 4.78 is 2.31. The average molecular weight is 247 g/mol. The monoisotopic (exact) mass is 247 g/mol. The van der Waals surface area contributed by atoms with Gasteiger partial charge >= 0.3 is 0 Å². The summed E-state index contributed by atoms with van der Waals surface area (Å²) in [5.74, 6) is 1.93. The first-order valence-electron chi connectivity index (χ1n) is 7.45. The topological polar surface area (TPSA) is 21.1 Å². The molecule has 1 aliphatic carbocycles. The van der Waals surface area contributed by atoms with Gasteiger partial charge in [-0.2, -0.15) is 0 Å². The van der Waals surface area contributed by atoms with E-state index in [1.807, 2.05) is 12.5 Å². The SMILES string of the molecule is CC(C)n1cncc1CN1C[C@H]2CCC[C@@H](C2)C1. The maximum Gasteiger partial charge on any atom is 0.0951 e. The predicted octanol–water partition coefficient (Wildman–Crippen LogP) is 3.09. The second-order valence-corrected chi connectivity index (χ2v) is 6.48. The van der Waals surface area contributed by atoms with Crippen molar-refractivity contribution in [2.24, 2.45) is 11.8 Å². The number of imidazole rings is 1. The van der Waals surface area contributed by atoms with Crippen molar-refractivity contribution >= 4 is 0 Å². The van der Waals surface area contributed by atoms with E-state index in [-0.39, 0.29) is 0 Å². The van der Waals surface area contributed by atoms with E-state index in [1.54, 1.807) is 0 Å². The first-order valence-corrected chi connectivity index (χ1v) is 7.45. The van der Waals surface area contributed by atoms with Crippen molar-refractivity contribution in [1.29, 1.82) is 0 Å². The summed E-state index contributed by atoms with van der Waals surface area (Å²) >= 11 is 0. The van der Waals surface area contributed by atoms with E-state index in [0.29, 0.717) is 6.04 Å². The lowest BCUT2D eigenvalue weighted by Crippen LogP contribution is -2.42. The summed E-state index contributed by atoms with van der Waals surface area (Å²) in [5, 5.41) is 0. The van der Waals surface area contributed by atoms with Gasteiger partial charge in [-0.25, -0.2) is 4.98 Å². The Morgan fingerprint density at radius 3 is 2.67 bits per heavy atom. The molecule has 2 fully saturated rings. The van der Waals surface area contributed by atoms with Gasteiger partial charge in [0.15, 0.2) is 0 Å². The second kappa shape index (κ2) is 5.04. The molecule has 3 rings (SSSR count). The van der Waals surface area contributed by atoms with Crippen LogP contribution in [0.4, 0.5) is 0 Å². The van der Waals surface area contributed by atoms with Crippen molar-refractivity contribution in [1.82, 2.24) is 14.5 Å². The zero-order chi connectivity index (χ0) is 12.5. The van der Waals surface area contributed by atoms with E-state index < -0.39 is 0 Å². The zero-order valence-corrected chi connectivity index (χ0v) is 11.7. The van der Waals surface area contributed by atoms with Crippen LogP contribution in [0.3, 0.4) is 0 Å². The highest BCUT2D eigenvalue weighted by molar-refractivity contribution is 5.00. The summed E-state index contributed by atoms with van der Waals surface area (Å²) in [5.41, 5.74) is 1.38. The quantitative estimate of drug-likeness (QED) is 0.818. The number of hydrogen-bond acceptors (Lipinski definition) is 2. The zero-order valence-electron chi connectivity index (χ0n) is 11.7. The number of piperidine rings is 1. The van der Waals surface area contributed by atoms with Crippen molar-refractivity contribution in [3.63, 3.8) is 0 Å². The minimum atomic E-state index is 0.520. The van der Waals surface area contributed by atoms with E-state index in [2.05, 4.69) is 28.3 Å². The highest BCUT2D eigenvalue weighted by Gasteiger charge is 2.30. The molecule has 3 heteroatoms. The fraction of sp³-hybridized carbons (Fsp3) is 0.800. The molecule has 0 aromatic carbocycles. The minimum absolute atomic E-state index is 0.520. The fourth-order valence-electron chi connectivity index (χ4n) is 3.82. The van der Waals surface area contributed by atoms with E-state index in [9.17, 15) is 0 Å². The number of hydrogen-bond donors (Lipinski definition) is 0. The van der Waals surface area contributed by atoms with Gasteiger partial charge in [0.2, 0.25) is 0 Å². The Morgan fingerprint density at radius 2 is 2.00 bits per heavy atom. The van der Waals surface area contributed by atoms with Crippen LogP contribution in [0.15, 0.2) is 12.5 Å². The number of fused-ring (bicyclic) bond motifs is 2. The molecule has 0 radical (unpaired) electrons. The van der Waals surface area contributed by atoms with Crippen LogP contribution >= 0.6 is 0 Å². The molecular weight excluding hydrogens is 222 g/mol. The van der Waals surface area contributed by atoms with Crippen LogP contribution in [0.2, 0.25) is 0 Å². The fourth-order valence-corrected chi connectivity index (χ4v) is 3.82. The van der Waals surface area contributed by atoms with Gasteiger partial charge in [0.25, 0.3) is 0 Å². The summed E-state index contributed by atoms with van der Waals surface area (Å²) in [6, 6.07) is 0.520. The summed E-state index contributed by atoms with van der Waals surface area (Å²) in [4.78, 5) is 6.98. The van der Waals surface area contributed by atoms with Crippen molar-refractivity contribution in [2.45, 2.75) is 52.1 Å². The molecule has 3 nitrogen and oxygen atoms in total. The minimum Gasteiger partial charge on any atom is -0.331 e. The summed E-state index contributed by atoms with van der Waals surface area (Å²) in [7, 11) is 0.